The zero-order chi connectivity index (χ0) is 11.7. The number of hydrogen-bond acceptors (Lipinski definition) is 3. The van der Waals surface area contributed by atoms with E-state index in [9.17, 15) is 4.21 Å². The van der Waals surface area contributed by atoms with Gasteiger partial charge in [-0.25, -0.2) is 4.98 Å². The Bertz CT molecular complexity index is 552. The summed E-state index contributed by atoms with van der Waals surface area (Å²) in [5.41, 5.74) is 7.66. The lowest BCUT2D eigenvalue weighted by molar-refractivity contribution is 0.680. The molecule has 2 aromatic rings. The molecule has 1 unspecified atom stereocenters. The van der Waals surface area contributed by atoms with Gasteiger partial charge in [-0.05, 0) is 18.2 Å². The molecule has 0 saturated carbocycles. The van der Waals surface area contributed by atoms with Gasteiger partial charge in [-0.2, -0.15) is 0 Å². The maximum Gasteiger partial charge on any atom is 0.201 e. The fourth-order valence-corrected chi connectivity index (χ4v) is 2.37. The van der Waals surface area contributed by atoms with Crippen LogP contribution in [-0.4, -0.2) is 25.8 Å². The molecule has 0 aliphatic heterocycles. The number of fused-ring (bicyclic) bond motifs is 1. The fraction of sp³-hybridized carbons (Fsp3) is 0.300. The van der Waals surface area contributed by atoms with Crippen LogP contribution in [0.4, 0.5) is 5.95 Å². The normalized spacial score (nSPS) is 13.1. The van der Waals surface area contributed by atoms with Crippen molar-refractivity contribution in [2.75, 3.05) is 17.7 Å². The Kier molecular flexibility index (Phi) is 3.30. The van der Waals surface area contributed by atoms with Crippen LogP contribution in [0.25, 0.3) is 11.0 Å². The molecule has 1 atom stereocenters. The van der Waals surface area contributed by atoms with Crippen molar-refractivity contribution in [1.29, 1.82) is 0 Å². The van der Waals surface area contributed by atoms with Gasteiger partial charge in [-0.3, -0.25) is 4.21 Å². The van der Waals surface area contributed by atoms with E-state index in [0.29, 0.717) is 18.2 Å². The van der Waals surface area contributed by atoms with Crippen molar-refractivity contribution >= 4 is 43.7 Å². The zero-order valence-corrected chi connectivity index (χ0v) is 11.2. The van der Waals surface area contributed by atoms with Gasteiger partial charge < -0.3 is 10.3 Å². The second-order valence-electron chi connectivity index (χ2n) is 3.53. The van der Waals surface area contributed by atoms with E-state index in [-0.39, 0.29) is 0 Å². The molecule has 86 valence electrons. The van der Waals surface area contributed by atoms with E-state index in [0.717, 1.165) is 15.5 Å². The van der Waals surface area contributed by atoms with Gasteiger partial charge in [0.1, 0.15) is 0 Å². The van der Waals surface area contributed by atoms with Crippen LogP contribution >= 0.6 is 15.9 Å². The van der Waals surface area contributed by atoms with Gasteiger partial charge in [0.05, 0.1) is 11.0 Å². The molecule has 4 nitrogen and oxygen atoms in total. The van der Waals surface area contributed by atoms with Gasteiger partial charge in [-0.1, -0.05) is 15.9 Å². The minimum atomic E-state index is -0.819. The number of aromatic nitrogens is 2. The van der Waals surface area contributed by atoms with E-state index in [1.807, 2.05) is 22.8 Å². The molecule has 1 heterocycles. The molecule has 6 heteroatoms. The minimum absolute atomic E-state index is 0.471. The third-order valence-electron chi connectivity index (χ3n) is 2.34. The highest BCUT2D eigenvalue weighted by Gasteiger charge is 2.08. The van der Waals surface area contributed by atoms with Crippen LogP contribution < -0.4 is 5.73 Å². The smallest absolute Gasteiger partial charge is 0.201 e. The number of hydrogen-bond donors (Lipinski definition) is 1. The molecule has 2 N–H and O–H groups in total. The summed E-state index contributed by atoms with van der Waals surface area (Å²) in [6, 6.07) is 5.83. The molecular weight excluding hydrogens is 290 g/mol. The highest BCUT2D eigenvalue weighted by molar-refractivity contribution is 9.10. The predicted molar refractivity (Wildman–Crippen MR) is 70.8 cm³/mol. The molecule has 0 amide bonds. The average Bonchev–Trinajstić information content (AvgIpc) is 2.50. The number of rotatable bonds is 3. The molecule has 1 aromatic heterocycles. The average molecular weight is 302 g/mol. The van der Waals surface area contributed by atoms with Crippen LogP contribution in [-0.2, 0) is 17.3 Å². The molecule has 0 saturated heterocycles. The molecule has 2 rings (SSSR count). The highest BCUT2D eigenvalue weighted by atomic mass is 79.9. The van der Waals surface area contributed by atoms with Crippen molar-refractivity contribution < 1.29 is 4.21 Å². The maximum atomic E-state index is 11.1. The largest absolute Gasteiger partial charge is 0.369 e. The van der Waals surface area contributed by atoms with Gasteiger partial charge in [0.15, 0.2) is 0 Å². The van der Waals surface area contributed by atoms with Crippen LogP contribution in [0.3, 0.4) is 0 Å². The van der Waals surface area contributed by atoms with Crippen molar-refractivity contribution in [2.24, 2.45) is 0 Å². The van der Waals surface area contributed by atoms with Crippen molar-refractivity contribution in [3.05, 3.63) is 22.7 Å². The summed E-state index contributed by atoms with van der Waals surface area (Å²) in [4.78, 5) is 4.26. The Hall–Kier alpha value is -0.880. The molecule has 0 aliphatic carbocycles. The van der Waals surface area contributed by atoms with E-state index in [2.05, 4.69) is 20.9 Å². The lowest BCUT2D eigenvalue weighted by Crippen LogP contribution is -2.09. The number of nitrogen functional groups attached to an aromatic ring is 1. The second kappa shape index (κ2) is 4.55. The van der Waals surface area contributed by atoms with Crippen LogP contribution in [0.5, 0.6) is 0 Å². The van der Waals surface area contributed by atoms with Crippen molar-refractivity contribution in [3.8, 4) is 0 Å². The maximum absolute atomic E-state index is 11.1. The topological polar surface area (TPSA) is 60.9 Å². The number of nitrogens with zero attached hydrogens (tertiary/aromatic N) is 2. The van der Waals surface area contributed by atoms with Crippen LogP contribution in [0.2, 0.25) is 0 Å². The molecular formula is C10H12BrN3OS. The molecule has 0 bridgehead atoms. The summed E-state index contributed by atoms with van der Waals surface area (Å²) in [7, 11) is -0.819. The van der Waals surface area contributed by atoms with Crippen molar-refractivity contribution in [1.82, 2.24) is 9.55 Å². The van der Waals surface area contributed by atoms with Crippen molar-refractivity contribution in [2.45, 2.75) is 6.54 Å². The van der Waals surface area contributed by atoms with Gasteiger partial charge >= 0.3 is 0 Å². The lowest BCUT2D eigenvalue weighted by Gasteiger charge is -2.04. The molecule has 0 spiro atoms. The van der Waals surface area contributed by atoms with Crippen LogP contribution in [0.1, 0.15) is 0 Å². The van der Waals surface area contributed by atoms with E-state index < -0.39 is 10.8 Å². The fourth-order valence-electron chi connectivity index (χ4n) is 1.58. The first-order valence-electron chi connectivity index (χ1n) is 4.79. The van der Waals surface area contributed by atoms with Gasteiger partial charge in [0.25, 0.3) is 0 Å². The number of halogens is 1. The first-order valence-corrected chi connectivity index (χ1v) is 7.31. The summed E-state index contributed by atoms with van der Waals surface area (Å²) in [5, 5.41) is 0. The SMILES string of the molecule is CS(=O)CCn1c(N)nc2cc(Br)ccc21. The molecule has 16 heavy (non-hydrogen) atoms. The summed E-state index contributed by atoms with van der Waals surface area (Å²) < 4.78 is 13.9. The first-order chi connectivity index (χ1) is 7.58. The standard InChI is InChI=1S/C10H12BrN3OS/c1-16(15)5-4-14-9-3-2-7(11)6-8(9)13-10(14)12/h2-3,6H,4-5H2,1H3,(H2,12,13). The number of imidazole rings is 1. The quantitative estimate of drug-likeness (QED) is 0.940. The zero-order valence-electron chi connectivity index (χ0n) is 8.81. The molecule has 0 aliphatic rings. The highest BCUT2D eigenvalue weighted by Crippen LogP contribution is 2.21. The summed E-state index contributed by atoms with van der Waals surface area (Å²) in [6.45, 7) is 0.632. The molecule has 0 radical (unpaired) electrons. The molecule has 0 fully saturated rings. The van der Waals surface area contributed by atoms with Gasteiger partial charge in [0.2, 0.25) is 5.95 Å². The number of aryl methyl sites for hydroxylation is 1. The Labute approximate surface area is 104 Å². The third-order valence-corrected chi connectivity index (χ3v) is 3.59. The number of anilines is 1. The summed E-state index contributed by atoms with van der Waals surface area (Å²) in [6.07, 6.45) is 1.69. The van der Waals surface area contributed by atoms with E-state index in [1.54, 1.807) is 6.26 Å². The van der Waals surface area contributed by atoms with Crippen LogP contribution in [0.15, 0.2) is 22.7 Å². The Morgan fingerprint density at radius 2 is 2.31 bits per heavy atom. The van der Waals surface area contributed by atoms with Gasteiger partial charge in [-0.15, -0.1) is 0 Å². The Morgan fingerprint density at radius 3 is 3.00 bits per heavy atom. The summed E-state index contributed by atoms with van der Waals surface area (Å²) in [5.74, 6) is 1.06. The third kappa shape index (κ3) is 2.27. The number of benzene rings is 1. The molecule has 1 aromatic carbocycles. The summed E-state index contributed by atoms with van der Waals surface area (Å²) >= 11 is 3.39. The van der Waals surface area contributed by atoms with Gasteiger partial charge in [0, 0.05) is 33.8 Å². The first kappa shape index (κ1) is 11.6. The Morgan fingerprint density at radius 1 is 1.56 bits per heavy atom. The monoisotopic (exact) mass is 301 g/mol. The minimum Gasteiger partial charge on any atom is -0.369 e. The van der Waals surface area contributed by atoms with Crippen molar-refractivity contribution in [3.63, 3.8) is 0 Å². The predicted octanol–water partition coefficient (Wildman–Crippen LogP) is 1.76. The number of nitrogens with two attached hydrogens (primary N) is 1. The Balaban J connectivity index is 2.43. The lowest BCUT2D eigenvalue weighted by atomic mass is 10.3. The van der Waals surface area contributed by atoms with Crippen LogP contribution in [0, 0.1) is 0 Å². The second-order valence-corrected chi connectivity index (χ2v) is 6.00. The van der Waals surface area contributed by atoms with E-state index in [4.69, 9.17) is 5.73 Å². The van der Waals surface area contributed by atoms with E-state index in [1.165, 1.54) is 0 Å². The van der Waals surface area contributed by atoms with E-state index >= 15 is 0 Å².